The molecule has 4 nitrogen and oxygen atoms in total. The number of rotatable bonds is 2. The highest BCUT2D eigenvalue weighted by atomic mass is 35.5. The topological polar surface area (TPSA) is 75.3 Å². The van der Waals surface area contributed by atoms with Gasteiger partial charge in [-0.15, -0.1) is 12.4 Å². The lowest BCUT2D eigenvalue weighted by Gasteiger charge is -2.25. The zero-order valence-corrected chi connectivity index (χ0v) is 11.9. The Bertz CT molecular complexity index is 451. The Hall–Kier alpha value is -1.26. The van der Waals surface area contributed by atoms with Crippen LogP contribution in [0.1, 0.15) is 31.2 Å². The molecule has 106 valence electrons. The van der Waals surface area contributed by atoms with E-state index in [1.54, 1.807) is 12.1 Å². The van der Waals surface area contributed by atoms with Crippen molar-refractivity contribution in [3.05, 3.63) is 23.8 Å². The van der Waals surface area contributed by atoms with Crippen LogP contribution in [0.25, 0.3) is 0 Å². The van der Waals surface area contributed by atoms with Crippen molar-refractivity contribution in [2.75, 3.05) is 5.32 Å². The lowest BCUT2D eigenvalue weighted by molar-refractivity contribution is -0.120. The van der Waals surface area contributed by atoms with Crippen LogP contribution >= 0.6 is 12.4 Å². The maximum absolute atomic E-state index is 12.1. The largest absolute Gasteiger partial charge is 0.506 e. The third kappa shape index (κ3) is 4.11. The van der Waals surface area contributed by atoms with Gasteiger partial charge in [-0.25, -0.2) is 0 Å². The molecule has 0 aromatic heterocycles. The smallest absolute Gasteiger partial charge is 0.227 e. The molecule has 2 atom stereocenters. The molecule has 1 saturated carbocycles. The number of nitrogens with two attached hydrogens (primary N) is 1. The third-order valence-corrected chi connectivity index (χ3v) is 3.50. The molecular weight excluding hydrogens is 264 g/mol. The van der Waals surface area contributed by atoms with Crippen molar-refractivity contribution >= 4 is 24.0 Å². The second-order valence-electron chi connectivity index (χ2n) is 5.13. The lowest BCUT2D eigenvalue weighted by Crippen LogP contribution is -2.34. The maximum Gasteiger partial charge on any atom is 0.227 e. The lowest BCUT2D eigenvalue weighted by atomic mass is 9.85. The van der Waals surface area contributed by atoms with Gasteiger partial charge in [-0.1, -0.05) is 12.5 Å². The maximum atomic E-state index is 12.1. The number of benzene rings is 1. The average molecular weight is 285 g/mol. The summed E-state index contributed by atoms with van der Waals surface area (Å²) >= 11 is 0. The van der Waals surface area contributed by atoms with Gasteiger partial charge in [0, 0.05) is 12.0 Å². The summed E-state index contributed by atoms with van der Waals surface area (Å²) in [6, 6.07) is 5.30. The molecular formula is C14H21ClN2O2. The summed E-state index contributed by atoms with van der Waals surface area (Å²) in [6.45, 7) is 1.92. The van der Waals surface area contributed by atoms with E-state index < -0.39 is 0 Å². The number of phenols is 1. The van der Waals surface area contributed by atoms with Crippen LogP contribution in [-0.2, 0) is 4.79 Å². The number of hydrogen-bond acceptors (Lipinski definition) is 3. The predicted molar refractivity (Wildman–Crippen MR) is 78.7 cm³/mol. The zero-order valence-electron chi connectivity index (χ0n) is 11.1. The van der Waals surface area contributed by atoms with Crippen molar-refractivity contribution in [1.29, 1.82) is 0 Å². The molecule has 0 bridgehead atoms. The van der Waals surface area contributed by atoms with Gasteiger partial charge < -0.3 is 16.2 Å². The Morgan fingerprint density at radius 3 is 2.84 bits per heavy atom. The van der Waals surface area contributed by atoms with Gasteiger partial charge in [0.15, 0.2) is 0 Å². The quantitative estimate of drug-likeness (QED) is 0.731. The van der Waals surface area contributed by atoms with Gasteiger partial charge in [-0.2, -0.15) is 0 Å². The first-order chi connectivity index (χ1) is 8.56. The summed E-state index contributed by atoms with van der Waals surface area (Å²) in [4.78, 5) is 12.1. The van der Waals surface area contributed by atoms with E-state index in [9.17, 15) is 9.90 Å². The van der Waals surface area contributed by atoms with Crippen LogP contribution in [-0.4, -0.2) is 17.1 Å². The monoisotopic (exact) mass is 284 g/mol. The molecule has 0 heterocycles. The molecule has 4 N–H and O–H groups in total. The number of anilines is 1. The van der Waals surface area contributed by atoms with Gasteiger partial charge in [0.2, 0.25) is 5.91 Å². The molecule has 1 fully saturated rings. The fourth-order valence-corrected chi connectivity index (χ4v) is 2.45. The molecule has 1 aromatic rings. The molecule has 19 heavy (non-hydrogen) atoms. The fourth-order valence-electron chi connectivity index (χ4n) is 2.45. The van der Waals surface area contributed by atoms with E-state index in [2.05, 4.69) is 5.32 Å². The summed E-state index contributed by atoms with van der Waals surface area (Å²) in [7, 11) is 0. The highest BCUT2D eigenvalue weighted by Gasteiger charge is 2.25. The number of aromatic hydroxyl groups is 1. The Labute approximate surface area is 119 Å². The van der Waals surface area contributed by atoms with Crippen LogP contribution in [0.4, 0.5) is 5.69 Å². The van der Waals surface area contributed by atoms with Crippen molar-refractivity contribution in [2.24, 2.45) is 11.7 Å². The van der Waals surface area contributed by atoms with Gasteiger partial charge in [0.25, 0.3) is 0 Å². The Balaban J connectivity index is 0.00000180. The van der Waals surface area contributed by atoms with E-state index in [1.807, 2.05) is 13.0 Å². The van der Waals surface area contributed by atoms with Crippen molar-refractivity contribution in [2.45, 2.75) is 38.6 Å². The molecule has 1 amide bonds. The molecule has 1 aromatic carbocycles. The molecule has 0 saturated heterocycles. The van der Waals surface area contributed by atoms with E-state index in [-0.39, 0.29) is 36.0 Å². The molecule has 1 aliphatic carbocycles. The van der Waals surface area contributed by atoms with Gasteiger partial charge >= 0.3 is 0 Å². The Kier molecular flexibility index (Phi) is 5.63. The van der Waals surface area contributed by atoms with E-state index in [4.69, 9.17) is 5.73 Å². The number of carbonyl (C=O) groups is 1. The number of amides is 1. The molecule has 1 aliphatic rings. The SMILES string of the molecule is Cc1ccc(O)c(NC(=O)C2CCCC(N)C2)c1.Cl. The minimum atomic E-state index is -0.0361. The first kappa shape index (κ1) is 15.8. The fraction of sp³-hybridized carbons (Fsp3) is 0.500. The van der Waals surface area contributed by atoms with Crippen molar-refractivity contribution < 1.29 is 9.90 Å². The van der Waals surface area contributed by atoms with Crippen LogP contribution in [0.2, 0.25) is 0 Å². The molecule has 0 radical (unpaired) electrons. The standard InChI is InChI=1S/C14H20N2O2.ClH/c1-9-5-6-13(17)12(7-9)16-14(18)10-3-2-4-11(15)8-10;/h5-7,10-11,17H,2-4,8,15H2,1H3,(H,16,18);1H. The second-order valence-corrected chi connectivity index (χ2v) is 5.13. The highest BCUT2D eigenvalue weighted by molar-refractivity contribution is 5.94. The summed E-state index contributed by atoms with van der Waals surface area (Å²) in [5, 5.41) is 12.5. The molecule has 2 unspecified atom stereocenters. The summed E-state index contributed by atoms with van der Waals surface area (Å²) in [5.41, 5.74) is 7.37. The molecule has 0 aliphatic heterocycles. The van der Waals surface area contributed by atoms with Gasteiger partial charge in [-0.3, -0.25) is 4.79 Å². The molecule has 2 rings (SSSR count). The Morgan fingerprint density at radius 1 is 1.42 bits per heavy atom. The summed E-state index contributed by atoms with van der Waals surface area (Å²) in [6.07, 6.45) is 3.61. The first-order valence-electron chi connectivity index (χ1n) is 6.42. The van der Waals surface area contributed by atoms with E-state index in [1.165, 1.54) is 0 Å². The number of aryl methyl sites for hydroxylation is 1. The van der Waals surface area contributed by atoms with Crippen molar-refractivity contribution in [1.82, 2.24) is 0 Å². The molecule has 5 heteroatoms. The number of phenolic OH excluding ortho intramolecular Hbond substituents is 1. The van der Waals surface area contributed by atoms with Crippen LogP contribution in [0, 0.1) is 12.8 Å². The van der Waals surface area contributed by atoms with Crippen molar-refractivity contribution in [3.8, 4) is 5.75 Å². The minimum absolute atomic E-state index is 0. The van der Waals surface area contributed by atoms with E-state index >= 15 is 0 Å². The van der Waals surface area contributed by atoms with E-state index in [0.29, 0.717) is 5.69 Å². The predicted octanol–water partition coefficient (Wildman–Crippen LogP) is 2.58. The average Bonchev–Trinajstić information content (AvgIpc) is 2.34. The van der Waals surface area contributed by atoms with E-state index in [0.717, 1.165) is 31.2 Å². The number of hydrogen-bond donors (Lipinski definition) is 3. The summed E-state index contributed by atoms with van der Waals surface area (Å²) < 4.78 is 0. The van der Waals surface area contributed by atoms with Crippen LogP contribution in [0.3, 0.4) is 0 Å². The second kappa shape index (κ2) is 6.78. The number of carbonyl (C=O) groups excluding carboxylic acids is 1. The van der Waals surface area contributed by atoms with Crippen LogP contribution in [0.15, 0.2) is 18.2 Å². The Morgan fingerprint density at radius 2 is 2.16 bits per heavy atom. The van der Waals surface area contributed by atoms with Crippen molar-refractivity contribution in [3.63, 3.8) is 0 Å². The van der Waals surface area contributed by atoms with Crippen LogP contribution in [0.5, 0.6) is 5.75 Å². The van der Waals surface area contributed by atoms with Gasteiger partial charge in [0.1, 0.15) is 5.75 Å². The highest BCUT2D eigenvalue weighted by Crippen LogP contribution is 2.28. The molecule has 0 spiro atoms. The summed E-state index contributed by atoms with van der Waals surface area (Å²) in [5.74, 6) is 0.0359. The normalized spacial score (nSPS) is 22.4. The van der Waals surface area contributed by atoms with Gasteiger partial charge in [0.05, 0.1) is 5.69 Å². The van der Waals surface area contributed by atoms with Gasteiger partial charge in [-0.05, 0) is 43.9 Å². The third-order valence-electron chi connectivity index (χ3n) is 3.50. The first-order valence-corrected chi connectivity index (χ1v) is 6.42. The minimum Gasteiger partial charge on any atom is -0.506 e. The zero-order chi connectivity index (χ0) is 13.1. The number of nitrogens with one attached hydrogen (secondary N) is 1. The van der Waals surface area contributed by atoms with Crippen LogP contribution < -0.4 is 11.1 Å². The number of halogens is 1.